The van der Waals surface area contributed by atoms with E-state index < -0.39 is 26.3 Å². The normalized spacial score (nSPS) is 11.1. The number of nitrogens with two attached hydrogens (primary N) is 1. The lowest BCUT2D eigenvalue weighted by molar-refractivity contribution is 0.154. The molecule has 1 aromatic carbocycles. The Morgan fingerprint density at radius 2 is 2.17 bits per heavy atom. The average Bonchev–Trinajstić information content (AvgIpc) is 2.62. The highest BCUT2D eigenvalue weighted by atomic mass is 32.1. The Hall–Kier alpha value is -3.12. The second-order valence-electron chi connectivity index (χ2n) is 5.21. The van der Waals surface area contributed by atoms with Gasteiger partial charge in [0.2, 0.25) is 0 Å². The maximum atomic E-state index is 13.4. The van der Waals surface area contributed by atoms with Gasteiger partial charge in [0, 0.05) is 11.8 Å². The van der Waals surface area contributed by atoms with E-state index in [2.05, 4.69) is 37.6 Å². The number of hydrogen-bond acceptors (Lipinski definition) is 7. The first-order valence-corrected chi connectivity index (χ1v) is 9.59. The van der Waals surface area contributed by atoms with Gasteiger partial charge in [-0.3, -0.25) is 25.5 Å². The number of carbonyl (C=O) groups excluding carboxylic acids is 1. The van der Waals surface area contributed by atoms with Crippen LogP contribution in [0, 0.1) is 5.82 Å². The number of nitrogens with zero attached hydrogens (tertiary/aromatic N) is 2. The van der Waals surface area contributed by atoms with E-state index in [-0.39, 0.29) is 27.8 Å². The number of halogens is 1. The standard InChI is InChI=1S/C15H15FN5O6PS/c16-10-3-4-13(27-28(23,24)25)9(6-10)8-26-15(22)20-11-2-1-5-18-12(11)7-19-21-14(17)29/h1-7H,8H2,(H,20,22)(H3,17,21,29)(H2,23,24,25). The Bertz CT molecular complexity index is 985. The van der Waals surface area contributed by atoms with E-state index in [4.69, 9.17) is 20.3 Å². The number of phosphoric acid groups is 1. The molecule has 0 saturated carbocycles. The van der Waals surface area contributed by atoms with Gasteiger partial charge < -0.3 is 15.0 Å². The summed E-state index contributed by atoms with van der Waals surface area (Å²) in [7, 11) is -4.88. The van der Waals surface area contributed by atoms with Crippen LogP contribution in [0.4, 0.5) is 14.9 Å². The van der Waals surface area contributed by atoms with Crippen molar-refractivity contribution in [1.82, 2.24) is 10.4 Å². The fourth-order valence-electron chi connectivity index (χ4n) is 1.95. The number of thiocarbonyl (C=S) groups is 1. The third-order valence-electron chi connectivity index (χ3n) is 3.04. The van der Waals surface area contributed by atoms with Crippen LogP contribution in [0.15, 0.2) is 41.6 Å². The molecule has 1 aromatic heterocycles. The van der Waals surface area contributed by atoms with Crippen molar-refractivity contribution in [3.05, 3.63) is 53.6 Å². The number of hydrazone groups is 1. The lowest BCUT2D eigenvalue weighted by Gasteiger charge is -2.13. The summed E-state index contributed by atoms with van der Waals surface area (Å²) in [5.74, 6) is -1.04. The van der Waals surface area contributed by atoms with Gasteiger partial charge in [0.1, 0.15) is 23.9 Å². The molecular weight excluding hydrogens is 428 g/mol. The molecule has 0 aliphatic heterocycles. The number of pyridine rings is 1. The topological polar surface area (TPSA) is 168 Å². The zero-order chi connectivity index (χ0) is 21.4. The quantitative estimate of drug-likeness (QED) is 0.183. The third-order valence-corrected chi connectivity index (χ3v) is 3.56. The van der Waals surface area contributed by atoms with Crippen LogP contribution in [-0.2, 0) is 15.9 Å². The van der Waals surface area contributed by atoms with Crippen LogP contribution in [0.2, 0.25) is 0 Å². The molecule has 11 nitrogen and oxygen atoms in total. The van der Waals surface area contributed by atoms with Gasteiger partial charge in [0.15, 0.2) is 5.11 Å². The number of amides is 1. The molecule has 0 saturated heterocycles. The summed E-state index contributed by atoms with van der Waals surface area (Å²) in [6, 6.07) is 5.93. The molecule has 1 amide bonds. The van der Waals surface area contributed by atoms with Crippen molar-refractivity contribution in [2.24, 2.45) is 10.8 Å². The molecule has 6 N–H and O–H groups in total. The Labute approximate surface area is 169 Å². The third kappa shape index (κ3) is 7.79. The fraction of sp³-hybridized carbons (Fsp3) is 0.0667. The average molecular weight is 443 g/mol. The smallest absolute Gasteiger partial charge is 0.444 e. The predicted molar refractivity (Wildman–Crippen MR) is 105 cm³/mol. The van der Waals surface area contributed by atoms with E-state index in [1.165, 1.54) is 18.5 Å². The van der Waals surface area contributed by atoms with Gasteiger partial charge in [0.05, 0.1) is 11.9 Å². The van der Waals surface area contributed by atoms with E-state index in [0.29, 0.717) is 0 Å². The molecule has 29 heavy (non-hydrogen) atoms. The van der Waals surface area contributed by atoms with E-state index in [0.717, 1.165) is 18.2 Å². The number of nitrogens with one attached hydrogen (secondary N) is 2. The molecule has 14 heteroatoms. The van der Waals surface area contributed by atoms with Crippen LogP contribution >= 0.6 is 20.0 Å². The second kappa shape index (κ2) is 9.89. The van der Waals surface area contributed by atoms with Crippen molar-refractivity contribution in [3.8, 4) is 5.75 Å². The van der Waals surface area contributed by atoms with E-state index in [1.54, 1.807) is 6.07 Å². The van der Waals surface area contributed by atoms with Crippen molar-refractivity contribution >= 4 is 43.1 Å². The summed E-state index contributed by atoms with van der Waals surface area (Å²) in [6.07, 6.45) is 1.77. The SMILES string of the molecule is NC(=S)NN=Cc1ncccc1NC(=O)OCc1cc(F)ccc1OP(=O)(O)O. The first-order valence-electron chi connectivity index (χ1n) is 7.65. The van der Waals surface area contributed by atoms with Crippen molar-refractivity contribution in [1.29, 1.82) is 0 Å². The molecular formula is C15H15FN5O6PS. The van der Waals surface area contributed by atoms with Crippen LogP contribution in [0.1, 0.15) is 11.3 Å². The van der Waals surface area contributed by atoms with Gasteiger partial charge in [-0.1, -0.05) is 0 Å². The second-order valence-corrected chi connectivity index (χ2v) is 6.81. The number of ether oxygens (including phenoxy) is 1. The zero-order valence-electron chi connectivity index (χ0n) is 14.5. The summed E-state index contributed by atoms with van der Waals surface area (Å²) in [5, 5.41) is 6.08. The highest BCUT2D eigenvalue weighted by Gasteiger charge is 2.19. The molecule has 0 spiro atoms. The maximum Gasteiger partial charge on any atom is 0.524 e. The maximum absolute atomic E-state index is 13.4. The number of anilines is 1. The molecule has 1 heterocycles. The first-order chi connectivity index (χ1) is 13.6. The number of carbonyl (C=O) groups is 1. The molecule has 2 aromatic rings. The zero-order valence-corrected chi connectivity index (χ0v) is 16.2. The van der Waals surface area contributed by atoms with Gasteiger partial charge in [-0.25, -0.2) is 13.8 Å². The number of hydrogen-bond donors (Lipinski definition) is 5. The van der Waals surface area contributed by atoms with Crippen molar-refractivity contribution in [2.45, 2.75) is 6.61 Å². The number of aromatic nitrogens is 1. The van der Waals surface area contributed by atoms with Gasteiger partial charge in [-0.15, -0.1) is 0 Å². The molecule has 0 aliphatic rings. The summed E-state index contributed by atoms with van der Waals surface area (Å²) in [5.41, 5.74) is 7.98. The van der Waals surface area contributed by atoms with Crippen molar-refractivity contribution in [3.63, 3.8) is 0 Å². The summed E-state index contributed by atoms with van der Waals surface area (Å²) >= 11 is 4.60. The van der Waals surface area contributed by atoms with Crippen LogP contribution in [-0.4, -0.2) is 32.2 Å². The minimum atomic E-state index is -4.88. The van der Waals surface area contributed by atoms with Gasteiger partial charge >= 0.3 is 13.9 Å². The monoisotopic (exact) mass is 443 g/mol. The molecule has 2 rings (SSSR count). The molecule has 0 fully saturated rings. The van der Waals surface area contributed by atoms with Crippen LogP contribution < -0.4 is 21.0 Å². The van der Waals surface area contributed by atoms with Crippen LogP contribution in [0.25, 0.3) is 0 Å². The minimum Gasteiger partial charge on any atom is -0.444 e. The molecule has 154 valence electrons. The van der Waals surface area contributed by atoms with E-state index >= 15 is 0 Å². The summed E-state index contributed by atoms with van der Waals surface area (Å²) in [6.45, 7) is -0.522. The largest absolute Gasteiger partial charge is 0.524 e. The Kier molecular flexibility index (Phi) is 7.56. The minimum absolute atomic E-state index is 0.0606. The van der Waals surface area contributed by atoms with Crippen molar-refractivity contribution in [2.75, 3.05) is 5.32 Å². The van der Waals surface area contributed by atoms with Crippen molar-refractivity contribution < 1.29 is 32.8 Å². The van der Waals surface area contributed by atoms with Gasteiger partial charge in [0.25, 0.3) is 0 Å². The molecule has 0 aliphatic carbocycles. The summed E-state index contributed by atoms with van der Waals surface area (Å²) in [4.78, 5) is 33.9. The molecule has 0 bridgehead atoms. The number of benzene rings is 1. The first kappa shape index (κ1) is 22.2. The lowest BCUT2D eigenvalue weighted by Crippen LogP contribution is -2.24. The fourth-order valence-corrected chi connectivity index (χ4v) is 2.44. The molecule has 0 radical (unpaired) electrons. The number of rotatable bonds is 7. The lowest BCUT2D eigenvalue weighted by atomic mass is 10.2. The van der Waals surface area contributed by atoms with Crippen LogP contribution in [0.3, 0.4) is 0 Å². The highest BCUT2D eigenvalue weighted by Crippen LogP contribution is 2.39. The molecule has 0 unspecified atom stereocenters. The number of phosphoric ester groups is 1. The highest BCUT2D eigenvalue weighted by molar-refractivity contribution is 7.80. The van der Waals surface area contributed by atoms with Crippen LogP contribution in [0.5, 0.6) is 5.75 Å². The predicted octanol–water partition coefficient (Wildman–Crippen LogP) is 1.61. The Balaban J connectivity index is 2.06. The Morgan fingerprint density at radius 3 is 2.86 bits per heavy atom. The Morgan fingerprint density at radius 1 is 1.41 bits per heavy atom. The van der Waals surface area contributed by atoms with Gasteiger partial charge in [-0.2, -0.15) is 5.10 Å². The van der Waals surface area contributed by atoms with E-state index in [1.807, 2.05) is 0 Å². The molecule has 0 atom stereocenters. The van der Waals surface area contributed by atoms with Gasteiger partial charge in [-0.05, 0) is 42.5 Å². The summed E-state index contributed by atoms with van der Waals surface area (Å²) < 4.78 is 33.8. The van der Waals surface area contributed by atoms with E-state index in [9.17, 15) is 13.8 Å².